The lowest BCUT2D eigenvalue weighted by Gasteiger charge is -2.09. The molecule has 0 aliphatic rings. The molecule has 0 atom stereocenters. The molecule has 0 saturated carbocycles. The molecule has 19 heavy (non-hydrogen) atoms. The van der Waals surface area contributed by atoms with Gasteiger partial charge < -0.3 is 15.3 Å². The first-order chi connectivity index (χ1) is 9.11. The zero-order valence-corrected chi connectivity index (χ0v) is 11.0. The number of imidazole rings is 1. The molecule has 6 nitrogen and oxygen atoms in total. The van der Waals surface area contributed by atoms with E-state index >= 15 is 0 Å². The number of rotatable bonds is 4. The second-order valence-corrected chi connectivity index (χ2v) is 4.31. The van der Waals surface area contributed by atoms with Crippen molar-refractivity contribution < 1.29 is 4.79 Å². The van der Waals surface area contributed by atoms with Crippen LogP contribution in [0.15, 0.2) is 30.6 Å². The van der Waals surface area contributed by atoms with Crippen molar-refractivity contribution in [2.75, 3.05) is 5.43 Å². The van der Waals surface area contributed by atoms with E-state index in [1.165, 1.54) is 0 Å². The van der Waals surface area contributed by atoms with Crippen molar-refractivity contribution in [1.82, 2.24) is 14.9 Å². The summed E-state index contributed by atoms with van der Waals surface area (Å²) in [7, 11) is 1.89. The summed E-state index contributed by atoms with van der Waals surface area (Å²) in [5.74, 6) is 6.01. The molecule has 100 valence electrons. The van der Waals surface area contributed by atoms with Crippen LogP contribution in [-0.4, -0.2) is 15.5 Å². The third-order valence-corrected chi connectivity index (χ3v) is 2.97. The smallest absolute Gasteiger partial charge is 0.251 e. The molecule has 0 aliphatic heterocycles. The molecule has 1 heterocycles. The fourth-order valence-corrected chi connectivity index (χ4v) is 1.83. The highest BCUT2D eigenvalue weighted by Gasteiger charge is 2.10. The molecule has 2 aromatic rings. The van der Waals surface area contributed by atoms with Crippen LogP contribution >= 0.6 is 0 Å². The first-order valence-corrected chi connectivity index (χ1v) is 5.93. The van der Waals surface area contributed by atoms with Crippen molar-refractivity contribution in [2.45, 2.75) is 13.5 Å². The van der Waals surface area contributed by atoms with Crippen molar-refractivity contribution in [2.24, 2.45) is 12.9 Å². The van der Waals surface area contributed by atoms with Gasteiger partial charge in [0.25, 0.3) is 5.91 Å². The highest BCUT2D eigenvalue weighted by atomic mass is 16.1. The lowest BCUT2D eigenvalue weighted by Crippen LogP contribution is -2.25. The van der Waals surface area contributed by atoms with E-state index in [1.54, 1.807) is 18.3 Å². The monoisotopic (exact) mass is 259 g/mol. The number of nitrogens with one attached hydrogen (secondary N) is 2. The summed E-state index contributed by atoms with van der Waals surface area (Å²) >= 11 is 0. The predicted molar refractivity (Wildman–Crippen MR) is 73.4 cm³/mol. The van der Waals surface area contributed by atoms with E-state index in [0.717, 1.165) is 17.1 Å². The molecular formula is C13H17N5O. The summed E-state index contributed by atoms with van der Waals surface area (Å²) < 4.78 is 1.87. The van der Waals surface area contributed by atoms with Gasteiger partial charge in [0.05, 0.1) is 6.54 Å². The summed E-state index contributed by atoms with van der Waals surface area (Å²) in [5, 5.41) is 2.85. The minimum atomic E-state index is -0.121. The van der Waals surface area contributed by atoms with Crippen LogP contribution in [0.2, 0.25) is 0 Å². The number of hydrogen-bond acceptors (Lipinski definition) is 4. The number of carbonyl (C=O) groups is 1. The van der Waals surface area contributed by atoms with Gasteiger partial charge in [0.2, 0.25) is 0 Å². The van der Waals surface area contributed by atoms with Crippen LogP contribution in [0.5, 0.6) is 0 Å². The molecule has 0 aliphatic carbocycles. The van der Waals surface area contributed by atoms with Crippen molar-refractivity contribution in [3.05, 3.63) is 47.5 Å². The Morgan fingerprint density at radius 1 is 1.47 bits per heavy atom. The molecule has 0 unspecified atom stereocenters. The molecule has 1 amide bonds. The number of aromatic nitrogens is 2. The Balaban J connectivity index is 2.06. The lowest BCUT2D eigenvalue weighted by atomic mass is 10.1. The van der Waals surface area contributed by atoms with E-state index < -0.39 is 0 Å². The maximum atomic E-state index is 12.1. The van der Waals surface area contributed by atoms with E-state index in [2.05, 4.69) is 15.7 Å². The van der Waals surface area contributed by atoms with Crippen LogP contribution in [0.1, 0.15) is 21.7 Å². The van der Waals surface area contributed by atoms with Crippen LogP contribution in [0.25, 0.3) is 0 Å². The standard InChI is InChI=1S/C13H17N5O/c1-9-7-10(17-14)3-4-11(9)13(19)16-8-12-15-5-6-18(12)2/h3-7,17H,8,14H2,1-2H3,(H,16,19). The Morgan fingerprint density at radius 3 is 2.84 bits per heavy atom. The SMILES string of the molecule is Cc1cc(NN)ccc1C(=O)NCc1nccn1C. The molecular weight excluding hydrogens is 242 g/mol. The number of anilines is 1. The Labute approximate surface area is 111 Å². The fourth-order valence-electron chi connectivity index (χ4n) is 1.83. The molecule has 4 N–H and O–H groups in total. The third kappa shape index (κ3) is 2.92. The van der Waals surface area contributed by atoms with Gasteiger partial charge in [0.1, 0.15) is 5.82 Å². The quantitative estimate of drug-likeness (QED) is 0.563. The number of carbonyl (C=O) groups excluding carboxylic acids is 1. The summed E-state index contributed by atoms with van der Waals surface area (Å²) in [6.45, 7) is 2.27. The van der Waals surface area contributed by atoms with Crippen LogP contribution < -0.4 is 16.6 Å². The largest absolute Gasteiger partial charge is 0.345 e. The number of hydrogen-bond donors (Lipinski definition) is 3. The highest BCUT2D eigenvalue weighted by Crippen LogP contribution is 2.14. The summed E-state index contributed by atoms with van der Waals surface area (Å²) in [6, 6.07) is 5.34. The Hall–Kier alpha value is -2.34. The summed E-state index contributed by atoms with van der Waals surface area (Å²) in [6.07, 6.45) is 3.54. The average molecular weight is 259 g/mol. The van der Waals surface area contributed by atoms with E-state index in [1.807, 2.05) is 30.8 Å². The van der Waals surface area contributed by atoms with Gasteiger partial charge >= 0.3 is 0 Å². The highest BCUT2D eigenvalue weighted by molar-refractivity contribution is 5.95. The number of nitrogens with two attached hydrogens (primary N) is 1. The van der Waals surface area contributed by atoms with Gasteiger partial charge in [0, 0.05) is 30.7 Å². The Bertz CT molecular complexity index is 590. The fraction of sp³-hybridized carbons (Fsp3) is 0.231. The summed E-state index contributed by atoms with van der Waals surface area (Å²) in [5.41, 5.74) is 4.83. The first-order valence-electron chi connectivity index (χ1n) is 5.93. The lowest BCUT2D eigenvalue weighted by molar-refractivity contribution is 0.0949. The van der Waals surface area contributed by atoms with Crippen molar-refractivity contribution >= 4 is 11.6 Å². The topological polar surface area (TPSA) is 85.0 Å². The normalized spacial score (nSPS) is 10.3. The van der Waals surface area contributed by atoms with Crippen molar-refractivity contribution in [3.8, 4) is 0 Å². The number of nitrogens with zero attached hydrogens (tertiary/aromatic N) is 2. The van der Waals surface area contributed by atoms with Crippen molar-refractivity contribution in [1.29, 1.82) is 0 Å². The van der Waals surface area contributed by atoms with Crippen molar-refractivity contribution in [3.63, 3.8) is 0 Å². The zero-order valence-electron chi connectivity index (χ0n) is 11.0. The minimum absolute atomic E-state index is 0.121. The van der Waals surface area contributed by atoms with Gasteiger partial charge in [-0.3, -0.25) is 10.6 Å². The molecule has 0 saturated heterocycles. The second-order valence-electron chi connectivity index (χ2n) is 4.31. The average Bonchev–Trinajstić information content (AvgIpc) is 2.81. The van der Waals surface area contributed by atoms with Crippen LogP contribution in [0, 0.1) is 6.92 Å². The van der Waals surface area contributed by atoms with Gasteiger partial charge in [0.15, 0.2) is 0 Å². The molecule has 0 bridgehead atoms. The van der Waals surface area contributed by atoms with Crippen LogP contribution in [-0.2, 0) is 13.6 Å². The van der Waals surface area contributed by atoms with Gasteiger partial charge in [-0.1, -0.05) is 0 Å². The molecule has 0 radical (unpaired) electrons. The maximum Gasteiger partial charge on any atom is 0.251 e. The number of nitrogen functional groups attached to an aromatic ring is 1. The van der Waals surface area contributed by atoms with E-state index in [-0.39, 0.29) is 5.91 Å². The van der Waals surface area contributed by atoms with Gasteiger partial charge in [-0.05, 0) is 30.7 Å². The van der Waals surface area contributed by atoms with E-state index in [9.17, 15) is 4.79 Å². The summed E-state index contributed by atoms with van der Waals surface area (Å²) in [4.78, 5) is 16.2. The van der Waals surface area contributed by atoms with Crippen LogP contribution in [0.3, 0.4) is 0 Å². The number of amides is 1. The number of hydrazine groups is 1. The number of aryl methyl sites for hydroxylation is 2. The van der Waals surface area contributed by atoms with Gasteiger partial charge in [-0.15, -0.1) is 0 Å². The molecule has 1 aromatic heterocycles. The zero-order chi connectivity index (χ0) is 13.8. The van der Waals surface area contributed by atoms with Gasteiger partial charge in [-0.2, -0.15) is 0 Å². The maximum absolute atomic E-state index is 12.1. The molecule has 6 heteroatoms. The van der Waals surface area contributed by atoms with Crippen LogP contribution in [0.4, 0.5) is 5.69 Å². The predicted octanol–water partition coefficient (Wildman–Crippen LogP) is 0.944. The van der Waals surface area contributed by atoms with E-state index in [0.29, 0.717) is 12.1 Å². The molecule has 0 fully saturated rings. The number of benzene rings is 1. The first kappa shape index (κ1) is 13.1. The Kier molecular flexibility index (Phi) is 3.82. The van der Waals surface area contributed by atoms with E-state index in [4.69, 9.17) is 5.84 Å². The molecule has 0 spiro atoms. The Morgan fingerprint density at radius 2 is 2.26 bits per heavy atom. The third-order valence-electron chi connectivity index (χ3n) is 2.97. The second kappa shape index (κ2) is 5.53. The molecule has 2 rings (SSSR count). The molecule has 1 aromatic carbocycles. The minimum Gasteiger partial charge on any atom is -0.345 e. The van der Waals surface area contributed by atoms with Gasteiger partial charge in [-0.25, -0.2) is 4.98 Å².